The lowest BCUT2D eigenvalue weighted by Gasteiger charge is -2.43. The molecule has 4 heterocycles. The van der Waals surface area contributed by atoms with Crippen LogP contribution in [0, 0.1) is 5.41 Å². The van der Waals surface area contributed by atoms with Crippen molar-refractivity contribution in [1.82, 2.24) is 35.0 Å². The highest BCUT2D eigenvalue weighted by atomic mass is 16.6. The second-order valence-electron chi connectivity index (χ2n) is 21.0. The minimum Gasteiger partial charge on any atom is -0.464 e. The second-order valence-corrected chi connectivity index (χ2v) is 21.0. The van der Waals surface area contributed by atoms with E-state index >= 15 is 0 Å². The predicted molar refractivity (Wildman–Crippen MR) is 260 cm³/mol. The van der Waals surface area contributed by atoms with Crippen LogP contribution in [0.15, 0.2) is 53.7 Å². The number of carbonyl (C=O) groups is 5. The highest BCUT2D eigenvalue weighted by Crippen LogP contribution is 2.42. The number of nitrogens with one attached hydrogen (secondary N) is 1. The molecule has 19 heteroatoms. The standard InChI is InChI=1S/C51H71N7O12/c1-16-26-65-45(61)53-36(43(59)67-48(4,5)6)28-39-54-42(55-70-39)32-22-23-37-34(27-32)35(41(56(37)17-2)33-20-18-24-52-40(33)31(3)64-15)29-51(13,14)30-66-44(60)38-21-19-25-57(46(62)68-49(7,8)9)58(38)47(63)69-50(10,11)12/h16,18,20,22-24,27,31,36,38H,1,17,19,21,25-26,28-30H2,2-15H3,(H,53,61)/t31-,36-,38-/m0/s1. The van der Waals surface area contributed by atoms with Gasteiger partial charge in [-0.3, -0.25) is 4.98 Å². The fraction of sp³-hybridized carbons (Fsp3) is 0.569. The molecule has 0 saturated carbocycles. The summed E-state index contributed by atoms with van der Waals surface area (Å²) < 4.78 is 41.8. The molecule has 5 rings (SSSR count). The summed E-state index contributed by atoms with van der Waals surface area (Å²) >= 11 is 0. The zero-order valence-corrected chi connectivity index (χ0v) is 43.2. The fourth-order valence-electron chi connectivity index (χ4n) is 7.92. The first-order valence-corrected chi connectivity index (χ1v) is 23.6. The molecule has 0 bridgehead atoms. The van der Waals surface area contributed by atoms with Crippen molar-refractivity contribution in [3.8, 4) is 22.6 Å². The van der Waals surface area contributed by atoms with Crippen molar-refractivity contribution >= 4 is 41.1 Å². The SMILES string of the molecule is C=CCOC(=O)N[C@@H](Cc1nc(-c2ccc3c(c2)c(CC(C)(C)COC(=O)[C@@H]2CCCN(C(=O)OC(C)(C)C)N2C(=O)OC(C)(C)C)c(-c2cccnc2[C@H](C)OC)n3CC)no1)C(=O)OC(C)(C)C. The fourth-order valence-corrected chi connectivity index (χ4v) is 7.92. The number of fused-ring (bicyclic) bond motifs is 1. The third-order valence-corrected chi connectivity index (χ3v) is 10.9. The summed E-state index contributed by atoms with van der Waals surface area (Å²) in [6, 6.07) is 7.34. The zero-order valence-electron chi connectivity index (χ0n) is 43.2. The maximum atomic E-state index is 14.2. The Kier molecular flexibility index (Phi) is 17.2. The van der Waals surface area contributed by atoms with E-state index in [1.165, 1.54) is 6.08 Å². The summed E-state index contributed by atoms with van der Waals surface area (Å²) in [7, 11) is 1.63. The molecular weight excluding hydrogens is 903 g/mol. The first-order valence-electron chi connectivity index (χ1n) is 23.6. The Morgan fingerprint density at radius 1 is 0.929 bits per heavy atom. The molecule has 1 aromatic carbocycles. The Balaban J connectivity index is 1.53. The average molecular weight is 974 g/mol. The van der Waals surface area contributed by atoms with Gasteiger partial charge in [-0.05, 0) is 131 Å². The van der Waals surface area contributed by atoms with Crippen molar-refractivity contribution in [3.63, 3.8) is 0 Å². The van der Waals surface area contributed by atoms with Crippen molar-refractivity contribution in [2.75, 3.05) is 26.9 Å². The van der Waals surface area contributed by atoms with Gasteiger partial charge in [-0.1, -0.05) is 31.7 Å². The molecule has 382 valence electrons. The van der Waals surface area contributed by atoms with Crippen molar-refractivity contribution in [2.24, 2.45) is 5.41 Å². The third-order valence-electron chi connectivity index (χ3n) is 10.9. The Morgan fingerprint density at radius 3 is 2.23 bits per heavy atom. The Bertz CT molecular complexity index is 2530. The number of methoxy groups -OCH3 is 1. The van der Waals surface area contributed by atoms with Crippen LogP contribution in [0.2, 0.25) is 0 Å². The molecular formula is C51H71N7O12. The summed E-state index contributed by atoms with van der Waals surface area (Å²) in [5.74, 6) is -1.11. The number of hydrogen-bond donors (Lipinski definition) is 1. The van der Waals surface area contributed by atoms with Gasteiger partial charge in [0.25, 0.3) is 0 Å². The number of benzene rings is 1. The monoisotopic (exact) mass is 974 g/mol. The number of aryl methyl sites for hydroxylation is 1. The number of aromatic nitrogens is 4. The lowest BCUT2D eigenvalue weighted by atomic mass is 9.84. The Morgan fingerprint density at radius 2 is 1.60 bits per heavy atom. The Hall–Kier alpha value is -6.50. The second kappa shape index (κ2) is 22.1. The van der Waals surface area contributed by atoms with E-state index in [0.717, 1.165) is 43.4 Å². The molecule has 0 spiro atoms. The number of nitrogens with zero attached hydrogens (tertiary/aromatic N) is 6. The van der Waals surface area contributed by atoms with Gasteiger partial charge in [0, 0.05) is 53.8 Å². The molecule has 1 aliphatic heterocycles. The molecule has 3 atom stereocenters. The summed E-state index contributed by atoms with van der Waals surface area (Å²) in [5, 5.41) is 9.82. The minimum atomic E-state index is -1.21. The molecule has 70 heavy (non-hydrogen) atoms. The topological polar surface area (TPSA) is 216 Å². The first-order chi connectivity index (χ1) is 32.7. The lowest BCUT2D eigenvalue weighted by Crippen LogP contribution is -2.61. The van der Waals surface area contributed by atoms with E-state index in [1.54, 1.807) is 75.6 Å². The normalized spacial score (nSPS) is 15.5. The molecule has 1 fully saturated rings. The van der Waals surface area contributed by atoms with E-state index in [1.807, 2.05) is 51.1 Å². The van der Waals surface area contributed by atoms with Gasteiger partial charge < -0.3 is 42.8 Å². The molecule has 0 aliphatic carbocycles. The number of ether oxygens (including phenoxy) is 6. The largest absolute Gasteiger partial charge is 0.464 e. The van der Waals surface area contributed by atoms with Gasteiger partial charge in [0.2, 0.25) is 11.7 Å². The molecule has 0 unspecified atom stereocenters. The highest BCUT2D eigenvalue weighted by Gasteiger charge is 2.45. The van der Waals surface area contributed by atoms with E-state index in [0.29, 0.717) is 24.9 Å². The van der Waals surface area contributed by atoms with Gasteiger partial charge in [0.1, 0.15) is 29.5 Å². The van der Waals surface area contributed by atoms with Gasteiger partial charge in [0.05, 0.1) is 30.5 Å². The van der Waals surface area contributed by atoms with Crippen LogP contribution in [-0.4, -0.2) is 116 Å². The number of rotatable bonds is 16. The number of hydrogen-bond acceptors (Lipinski definition) is 15. The molecule has 1 saturated heterocycles. The molecule has 4 aromatic rings. The van der Waals surface area contributed by atoms with Gasteiger partial charge in [-0.15, -0.1) is 0 Å². The van der Waals surface area contributed by atoms with Crippen LogP contribution >= 0.6 is 0 Å². The van der Waals surface area contributed by atoms with Crippen LogP contribution in [-0.2, 0) is 57.4 Å². The molecule has 19 nitrogen and oxygen atoms in total. The number of esters is 2. The highest BCUT2D eigenvalue weighted by molar-refractivity contribution is 5.95. The van der Waals surface area contributed by atoms with Crippen molar-refractivity contribution in [2.45, 2.75) is 157 Å². The van der Waals surface area contributed by atoms with Gasteiger partial charge >= 0.3 is 30.2 Å². The summed E-state index contributed by atoms with van der Waals surface area (Å²) in [5.41, 5.74) is 1.52. The first kappa shape index (κ1) is 54.4. The number of amides is 3. The minimum absolute atomic E-state index is 0.0641. The van der Waals surface area contributed by atoms with E-state index in [2.05, 4.69) is 33.5 Å². The van der Waals surface area contributed by atoms with Crippen molar-refractivity contribution in [1.29, 1.82) is 0 Å². The summed E-state index contributed by atoms with van der Waals surface area (Å²) in [6.07, 6.45) is 1.11. The van der Waals surface area contributed by atoms with E-state index in [4.69, 9.17) is 37.9 Å². The molecule has 1 N–H and O–H groups in total. The van der Waals surface area contributed by atoms with Gasteiger partial charge in [-0.2, -0.15) is 9.99 Å². The van der Waals surface area contributed by atoms with E-state index < -0.39 is 64.5 Å². The molecule has 3 aromatic heterocycles. The number of carbonyl (C=O) groups excluding carboxylic acids is 5. The van der Waals surface area contributed by atoms with E-state index in [9.17, 15) is 24.0 Å². The van der Waals surface area contributed by atoms with Gasteiger partial charge in [-0.25, -0.2) is 29.0 Å². The van der Waals surface area contributed by atoms with Crippen molar-refractivity contribution in [3.05, 3.63) is 66.3 Å². The smallest absolute Gasteiger partial charge is 0.430 e. The van der Waals surface area contributed by atoms with Crippen LogP contribution in [0.5, 0.6) is 0 Å². The Labute approximate surface area is 410 Å². The van der Waals surface area contributed by atoms with Crippen LogP contribution < -0.4 is 5.32 Å². The third kappa shape index (κ3) is 14.1. The summed E-state index contributed by atoms with van der Waals surface area (Å²) in [6.45, 7) is 27.5. The average Bonchev–Trinajstić information content (AvgIpc) is 3.86. The predicted octanol–water partition coefficient (Wildman–Crippen LogP) is 9.31. The summed E-state index contributed by atoms with van der Waals surface area (Å²) in [4.78, 5) is 76.7. The molecule has 0 radical (unpaired) electrons. The molecule has 1 aliphatic rings. The number of pyridine rings is 1. The zero-order chi connectivity index (χ0) is 51.9. The van der Waals surface area contributed by atoms with Gasteiger partial charge in [0.15, 0.2) is 6.04 Å². The van der Waals surface area contributed by atoms with Crippen LogP contribution in [0.25, 0.3) is 33.5 Å². The van der Waals surface area contributed by atoms with E-state index in [-0.39, 0.29) is 50.4 Å². The van der Waals surface area contributed by atoms with Crippen LogP contribution in [0.3, 0.4) is 0 Å². The maximum Gasteiger partial charge on any atom is 0.430 e. The number of hydrazine groups is 1. The number of alkyl carbamates (subject to hydrolysis) is 1. The molecule has 3 amide bonds. The van der Waals surface area contributed by atoms with Crippen LogP contribution in [0.4, 0.5) is 14.4 Å². The lowest BCUT2D eigenvalue weighted by molar-refractivity contribution is -0.164. The quantitative estimate of drug-likeness (QED) is 0.0629. The van der Waals surface area contributed by atoms with Crippen molar-refractivity contribution < 1.29 is 56.9 Å². The maximum absolute atomic E-state index is 14.2. The van der Waals surface area contributed by atoms with Crippen LogP contribution in [0.1, 0.15) is 126 Å².